The molecule has 100 valence electrons. The number of rotatable bonds is 4. The number of nitrogens with one attached hydrogen (secondary N) is 1. The van der Waals surface area contributed by atoms with E-state index in [0.717, 1.165) is 0 Å². The van der Waals surface area contributed by atoms with Crippen molar-refractivity contribution in [2.24, 2.45) is 0 Å². The van der Waals surface area contributed by atoms with Crippen LogP contribution >= 0.6 is 23.2 Å². The molecule has 1 N–H and O–H groups in total. The van der Waals surface area contributed by atoms with Crippen molar-refractivity contribution in [2.45, 2.75) is 19.0 Å². The minimum Gasteiger partial charge on any atom is -0.352 e. The Labute approximate surface area is 111 Å². The molecule has 0 fully saturated rings. The van der Waals surface area contributed by atoms with Gasteiger partial charge in [-0.3, -0.25) is 4.79 Å². The molecule has 0 unspecified atom stereocenters. The van der Waals surface area contributed by atoms with E-state index in [0.29, 0.717) is 0 Å². The van der Waals surface area contributed by atoms with Gasteiger partial charge in [-0.15, -0.1) is 0 Å². The van der Waals surface area contributed by atoms with Crippen molar-refractivity contribution in [1.29, 1.82) is 0 Å². The molecule has 0 aliphatic carbocycles. The maximum Gasteiger partial charge on any atom is 0.389 e. The normalized spacial score (nSPS) is 11.4. The summed E-state index contributed by atoms with van der Waals surface area (Å²) in [7, 11) is 0. The minimum absolute atomic E-state index is 0.0769. The van der Waals surface area contributed by atoms with E-state index in [9.17, 15) is 18.0 Å². The van der Waals surface area contributed by atoms with Crippen molar-refractivity contribution < 1.29 is 18.0 Å². The standard InChI is InChI=1S/C10H9Cl2F3N2O/c11-7-3-2-6(8(12)17-7)9(18)16-5-1-4-10(13,14)15/h2-3H,1,4-5H2,(H,16,18). The molecule has 0 spiro atoms. The number of hydrogen-bond acceptors (Lipinski definition) is 2. The fraction of sp³-hybridized carbons (Fsp3) is 0.400. The Morgan fingerprint density at radius 1 is 1.33 bits per heavy atom. The first-order valence-electron chi connectivity index (χ1n) is 4.96. The Balaban J connectivity index is 2.46. The number of alkyl halides is 3. The van der Waals surface area contributed by atoms with Gasteiger partial charge in [0.1, 0.15) is 10.3 Å². The first-order chi connectivity index (χ1) is 8.29. The number of hydrogen-bond donors (Lipinski definition) is 1. The van der Waals surface area contributed by atoms with Crippen LogP contribution in [-0.4, -0.2) is 23.6 Å². The molecule has 1 rings (SSSR count). The highest BCUT2D eigenvalue weighted by Gasteiger charge is 2.26. The molecular formula is C10H9Cl2F3N2O. The molecule has 1 aromatic rings. The highest BCUT2D eigenvalue weighted by Crippen LogP contribution is 2.21. The molecule has 0 aromatic carbocycles. The lowest BCUT2D eigenvalue weighted by Crippen LogP contribution is -2.26. The first-order valence-corrected chi connectivity index (χ1v) is 5.72. The average Bonchev–Trinajstić information content (AvgIpc) is 2.22. The van der Waals surface area contributed by atoms with Crippen LogP contribution < -0.4 is 5.32 Å². The van der Waals surface area contributed by atoms with Crippen LogP contribution in [0.2, 0.25) is 10.3 Å². The second-order valence-electron chi connectivity index (χ2n) is 3.45. The monoisotopic (exact) mass is 300 g/mol. The van der Waals surface area contributed by atoms with E-state index < -0.39 is 18.5 Å². The van der Waals surface area contributed by atoms with Crippen LogP contribution in [0, 0.1) is 0 Å². The van der Waals surface area contributed by atoms with Gasteiger partial charge in [-0.2, -0.15) is 13.2 Å². The van der Waals surface area contributed by atoms with E-state index in [1.54, 1.807) is 0 Å². The van der Waals surface area contributed by atoms with Crippen molar-refractivity contribution in [1.82, 2.24) is 10.3 Å². The molecule has 18 heavy (non-hydrogen) atoms. The quantitative estimate of drug-likeness (QED) is 0.683. The van der Waals surface area contributed by atoms with Gasteiger partial charge in [-0.05, 0) is 18.6 Å². The van der Waals surface area contributed by atoms with E-state index in [-0.39, 0.29) is 28.8 Å². The van der Waals surface area contributed by atoms with Gasteiger partial charge in [0.25, 0.3) is 5.91 Å². The maximum absolute atomic E-state index is 11.9. The third-order valence-corrected chi connectivity index (χ3v) is 2.48. The summed E-state index contributed by atoms with van der Waals surface area (Å²) in [5.74, 6) is -0.577. The number of amides is 1. The largest absolute Gasteiger partial charge is 0.389 e. The molecule has 1 aromatic heterocycles. The molecule has 3 nitrogen and oxygen atoms in total. The summed E-state index contributed by atoms with van der Waals surface area (Å²) < 4.78 is 35.6. The highest BCUT2D eigenvalue weighted by atomic mass is 35.5. The van der Waals surface area contributed by atoms with Crippen LogP contribution in [0.1, 0.15) is 23.2 Å². The summed E-state index contributed by atoms with van der Waals surface area (Å²) >= 11 is 11.2. The van der Waals surface area contributed by atoms with Crippen LogP contribution in [-0.2, 0) is 0 Å². The molecule has 0 saturated heterocycles. The van der Waals surface area contributed by atoms with Crippen LogP contribution in [0.25, 0.3) is 0 Å². The van der Waals surface area contributed by atoms with Gasteiger partial charge in [0.05, 0.1) is 5.56 Å². The van der Waals surface area contributed by atoms with Crippen LogP contribution in [0.5, 0.6) is 0 Å². The number of carbonyl (C=O) groups is 1. The average molecular weight is 301 g/mol. The Bertz CT molecular complexity index is 438. The van der Waals surface area contributed by atoms with Crippen molar-refractivity contribution in [3.63, 3.8) is 0 Å². The molecule has 0 aliphatic rings. The summed E-state index contributed by atoms with van der Waals surface area (Å²) in [5.41, 5.74) is 0.0769. The Kier molecular flexibility index (Phi) is 5.22. The summed E-state index contributed by atoms with van der Waals surface area (Å²) in [6.07, 6.45) is -5.35. The Morgan fingerprint density at radius 3 is 2.56 bits per heavy atom. The van der Waals surface area contributed by atoms with E-state index in [4.69, 9.17) is 23.2 Å². The lowest BCUT2D eigenvalue weighted by molar-refractivity contribution is -0.135. The van der Waals surface area contributed by atoms with Crippen molar-refractivity contribution >= 4 is 29.1 Å². The van der Waals surface area contributed by atoms with E-state index >= 15 is 0 Å². The molecule has 0 radical (unpaired) electrons. The third-order valence-electron chi connectivity index (χ3n) is 1.98. The molecular weight excluding hydrogens is 292 g/mol. The van der Waals surface area contributed by atoms with Gasteiger partial charge in [-0.25, -0.2) is 4.98 Å². The van der Waals surface area contributed by atoms with E-state index in [1.165, 1.54) is 12.1 Å². The number of pyridine rings is 1. The molecule has 8 heteroatoms. The fourth-order valence-corrected chi connectivity index (χ4v) is 1.60. The van der Waals surface area contributed by atoms with Gasteiger partial charge in [0.2, 0.25) is 0 Å². The number of halogens is 5. The molecule has 1 amide bonds. The predicted octanol–water partition coefficient (Wildman–Crippen LogP) is 3.46. The fourth-order valence-electron chi connectivity index (χ4n) is 1.17. The number of carbonyl (C=O) groups excluding carboxylic acids is 1. The zero-order valence-electron chi connectivity index (χ0n) is 9.02. The Morgan fingerprint density at radius 2 is 2.00 bits per heavy atom. The SMILES string of the molecule is O=C(NCCCC(F)(F)F)c1ccc(Cl)nc1Cl. The van der Waals surface area contributed by atoms with Gasteiger partial charge >= 0.3 is 6.18 Å². The predicted molar refractivity (Wildman–Crippen MR) is 61.9 cm³/mol. The molecule has 0 aliphatic heterocycles. The number of nitrogens with zero attached hydrogens (tertiary/aromatic N) is 1. The zero-order valence-corrected chi connectivity index (χ0v) is 10.5. The van der Waals surface area contributed by atoms with Crippen molar-refractivity contribution in [2.75, 3.05) is 6.54 Å². The lowest BCUT2D eigenvalue weighted by Gasteiger charge is -2.08. The summed E-state index contributed by atoms with van der Waals surface area (Å²) in [4.78, 5) is 15.2. The highest BCUT2D eigenvalue weighted by molar-refractivity contribution is 6.34. The zero-order chi connectivity index (χ0) is 13.8. The smallest absolute Gasteiger partial charge is 0.352 e. The topological polar surface area (TPSA) is 42.0 Å². The molecule has 0 bridgehead atoms. The second kappa shape index (κ2) is 6.24. The lowest BCUT2D eigenvalue weighted by atomic mass is 10.2. The van der Waals surface area contributed by atoms with Crippen molar-refractivity contribution in [3.8, 4) is 0 Å². The second-order valence-corrected chi connectivity index (χ2v) is 4.19. The summed E-state index contributed by atoms with van der Waals surface area (Å²) in [5, 5.41) is 2.37. The minimum atomic E-state index is -4.22. The van der Waals surface area contributed by atoms with Crippen molar-refractivity contribution in [3.05, 3.63) is 28.0 Å². The van der Waals surface area contributed by atoms with Crippen LogP contribution in [0.3, 0.4) is 0 Å². The van der Waals surface area contributed by atoms with E-state index in [2.05, 4.69) is 10.3 Å². The van der Waals surface area contributed by atoms with E-state index in [1.807, 2.05) is 0 Å². The third kappa shape index (κ3) is 5.10. The van der Waals surface area contributed by atoms with Gasteiger partial charge < -0.3 is 5.32 Å². The molecule has 0 saturated carbocycles. The summed E-state index contributed by atoms with van der Waals surface area (Å²) in [6.45, 7) is -0.0860. The van der Waals surface area contributed by atoms with Crippen LogP contribution in [0.15, 0.2) is 12.1 Å². The maximum atomic E-state index is 11.9. The first kappa shape index (κ1) is 15.0. The van der Waals surface area contributed by atoms with Gasteiger partial charge in [-0.1, -0.05) is 23.2 Å². The van der Waals surface area contributed by atoms with Gasteiger partial charge in [0.15, 0.2) is 0 Å². The number of aromatic nitrogens is 1. The molecule has 0 atom stereocenters. The van der Waals surface area contributed by atoms with Gasteiger partial charge in [0, 0.05) is 13.0 Å². The summed E-state index contributed by atoms with van der Waals surface area (Å²) in [6, 6.07) is 2.73. The van der Waals surface area contributed by atoms with Crippen LogP contribution in [0.4, 0.5) is 13.2 Å². The molecule has 1 heterocycles. The Hall–Kier alpha value is -1.01.